The number of benzene rings is 2. The smallest absolute Gasteiger partial charge is 0.259 e. The molecule has 0 heterocycles. The van der Waals surface area contributed by atoms with Crippen LogP contribution in [-0.4, -0.2) is 20.1 Å². The van der Waals surface area contributed by atoms with Crippen molar-refractivity contribution in [3.05, 3.63) is 45.9 Å². The average molecular weight is 365 g/mol. The molecule has 6 heteroatoms. The summed E-state index contributed by atoms with van der Waals surface area (Å²) >= 11 is 3.39. The zero-order chi connectivity index (χ0) is 16.3. The van der Waals surface area contributed by atoms with Gasteiger partial charge in [0.05, 0.1) is 25.5 Å². The van der Waals surface area contributed by atoms with Crippen molar-refractivity contribution >= 4 is 33.2 Å². The highest BCUT2D eigenvalue weighted by Crippen LogP contribution is 2.29. The largest absolute Gasteiger partial charge is 0.496 e. The number of methoxy groups -OCH3 is 2. The van der Waals surface area contributed by atoms with Crippen LogP contribution >= 0.6 is 15.9 Å². The van der Waals surface area contributed by atoms with E-state index in [2.05, 4.69) is 21.2 Å². The van der Waals surface area contributed by atoms with Gasteiger partial charge in [0, 0.05) is 10.2 Å². The van der Waals surface area contributed by atoms with Gasteiger partial charge in [0.1, 0.15) is 11.5 Å². The van der Waals surface area contributed by atoms with Crippen LogP contribution in [0.1, 0.15) is 15.9 Å². The summed E-state index contributed by atoms with van der Waals surface area (Å²) in [6, 6.07) is 8.68. The summed E-state index contributed by atoms with van der Waals surface area (Å²) in [5.41, 5.74) is 8.20. The Balaban J connectivity index is 2.31. The molecule has 0 aliphatic heterocycles. The number of hydrogen-bond acceptors (Lipinski definition) is 4. The summed E-state index contributed by atoms with van der Waals surface area (Å²) in [6.45, 7) is 1.88. The van der Waals surface area contributed by atoms with E-state index in [0.717, 1.165) is 10.0 Å². The van der Waals surface area contributed by atoms with Crippen LogP contribution in [-0.2, 0) is 0 Å². The van der Waals surface area contributed by atoms with E-state index < -0.39 is 0 Å². The first-order valence-corrected chi connectivity index (χ1v) is 7.34. The SMILES string of the molecule is COc1ccc(NC(=O)c2cc(Br)cc(C)c2OC)cc1N. The minimum atomic E-state index is -0.272. The fraction of sp³-hybridized carbons (Fsp3) is 0.188. The van der Waals surface area contributed by atoms with Crippen molar-refractivity contribution in [2.24, 2.45) is 0 Å². The van der Waals surface area contributed by atoms with Crippen LogP contribution in [0.25, 0.3) is 0 Å². The van der Waals surface area contributed by atoms with Crippen molar-refractivity contribution < 1.29 is 14.3 Å². The minimum Gasteiger partial charge on any atom is -0.496 e. The fourth-order valence-electron chi connectivity index (χ4n) is 2.18. The van der Waals surface area contributed by atoms with Gasteiger partial charge in [-0.05, 0) is 42.8 Å². The first-order valence-electron chi connectivity index (χ1n) is 6.55. The average Bonchev–Trinajstić information content (AvgIpc) is 2.46. The van der Waals surface area contributed by atoms with E-state index in [-0.39, 0.29) is 5.91 Å². The molecule has 0 aliphatic carbocycles. The third-order valence-electron chi connectivity index (χ3n) is 3.18. The number of amides is 1. The lowest BCUT2D eigenvalue weighted by atomic mass is 10.1. The molecule has 2 aromatic carbocycles. The summed E-state index contributed by atoms with van der Waals surface area (Å²) in [6.07, 6.45) is 0. The molecule has 0 aliphatic rings. The molecule has 1 amide bonds. The van der Waals surface area contributed by atoms with Gasteiger partial charge in [-0.25, -0.2) is 0 Å². The van der Waals surface area contributed by atoms with Gasteiger partial charge >= 0.3 is 0 Å². The van der Waals surface area contributed by atoms with Crippen LogP contribution in [0, 0.1) is 6.92 Å². The number of hydrogen-bond donors (Lipinski definition) is 2. The Kier molecular flexibility index (Phi) is 4.92. The van der Waals surface area contributed by atoms with Crippen molar-refractivity contribution in [1.29, 1.82) is 0 Å². The molecule has 5 nitrogen and oxygen atoms in total. The molecular weight excluding hydrogens is 348 g/mol. The Bertz CT molecular complexity index is 717. The van der Waals surface area contributed by atoms with Gasteiger partial charge < -0.3 is 20.5 Å². The number of nitrogen functional groups attached to an aromatic ring is 1. The molecule has 22 heavy (non-hydrogen) atoms. The van der Waals surface area contributed by atoms with Crippen molar-refractivity contribution in [3.8, 4) is 11.5 Å². The van der Waals surface area contributed by atoms with Crippen LogP contribution in [0.3, 0.4) is 0 Å². The van der Waals surface area contributed by atoms with E-state index in [4.69, 9.17) is 15.2 Å². The summed E-state index contributed by atoms with van der Waals surface area (Å²) < 4.78 is 11.2. The fourth-order valence-corrected chi connectivity index (χ4v) is 2.75. The maximum atomic E-state index is 12.5. The van der Waals surface area contributed by atoms with Crippen molar-refractivity contribution in [2.75, 3.05) is 25.3 Å². The molecule has 0 atom stereocenters. The monoisotopic (exact) mass is 364 g/mol. The number of carbonyl (C=O) groups is 1. The second kappa shape index (κ2) is 6.70. The lowest BCUT2D eigenvalue weighted by Crippen LogP contribution is -2.14. The molecule has 2 aromatic rings. The summed E-state index contributed by atoms with van der Waals surface area (Å²) in [4.78, 5) is 12.5. The second-order valence-electron chi connectivity index (χ2n) is 4.71. The maximum Gasteiger partial charge on any atom is 0.259 e. The van der Waals surface area contributed by atoms with Gasteiger partial charge in [-0.3, -0.25) is 4.79 Å². The number of nitrogens with one attached hydrogen (secondary N) is 1. The predicted molar refractivity (Wildman–Crippen MR) is 90.8 cm³/mol. The van der Waals surface area contributed by atoms with E-state index in [1.54, 1.807) is 38.5 Å². The first kappa shape index (κ1) is 16.2. The van der Waals surface area contributed by atoms with Crippen molar-refractivity contribution in [2.45, 2.75) is 6.92 Å². The number of aryl methyl sites for hydroxylation is 1. The molecule has 0 aromatic heterocycles. The molecule has 0 unspecified atom stereocenters. The molecule has 0 bridgehead atoms. The zero-order valence-corrected chi connectivity index (χ0v) is 14.2. The number of carbonyl (C=O) groups excluding carboxylic acids is 1. The number of anilines is 2. The van der Waals surface area contributed by atoms with E-state index >= 15 is 0 Å². The second-order valence-corrected chi connectivity index (χ2v) is 5.63. The summed E-state index contributed by atoms with van der Waals surface area (Å²) in [7, 11) is 3.08. The Morgan fingerprint density at radius 2 is 1.91 bits per heavy atom. The number of nitrogens with two attached hydrogens (primary N) is 1. The molecule has 0 saturated heterocycles. The standard InChI is InChI=1S/C16H17BrN2O3/c1-9-6-10(17)7-12(15(9)22-3)16(20)19-11-4-5-14(21-2)13(18)8-11/h4-8H,18H2,1-3H3,(H,19,20). The van der Waals surface area contributed by atoms with E-state index in [0.29, 0.717) is 28.4 Å². The maximum absolute atomic E-state index is 12.5. The van der Waals surface area contributed by atoms with E-state index in [1.165, 1.54) is 0 Å². The minimum absolute atomic E-state index is 0.272. The first-order chi connectivity index (χ1) is 10.5. The quantitative estimate of drug-likeness (QED) is 0.812. The Morgan fingerprint density at radius 3 is 2.50 bits per heavy atom. The number of halogens is 1. The van der Waals surface area contributed by atoms with Gasteiger partial charge in [0.2, 0.25) is 0 Å². The zero-order valence-electron chi connectivity index (χ0n) is 12.6. The molecule has 0 radical (unpaired) electrons. The van der Waals surface area contributed by atoms with Crippen LogP contribution in [0.4, 0.5) is 11.4 Å². The van der Waals surface area contributed by atoms with Crippen LogP contribution in [0.2, 0.25) is 0 Å². The van der Waals surface area contributed by atoms with Crippen molar-refractivity contribution in [3.63, 3.8) is 0 Å². The molecule has 3 N–H and O–H groups in total. The Hall–Kier alpha value is -2.21. The lowest BCUT2D eigenvalue weighted by Gasteiger charge is -2.13. The van der Waals surface area contributed by atoms with Gasteiger partial charge in [0.25, 0.3) is 5.91 Å². The van der Waals surface area contributed by atoms with Gasteiger partial charge in [0.15, 0.2) is 0 Å². The Morgan fingerprint density at radius 1 is 1.18 bits per heavy atom. The van der Waals surface area contributed by atoms with Gasteiger partial charge in [-0.1, -0.05) is 15.9 Å². The van der Waals surface area contributed by atoms with Crippen LogP contribution in [0.5, 0.6) is 11.5 Å². The summed E-state index contributed by atoms with van der Waals surface area (Å²) in [5, 5.41) is 2.80. The van der Waals surface area contributed by atoms with Gasteiger partial charge in [-0.2, -0.15) is 0 Å². The molecule has 0 spiro atoms. The Labute approximate surface area is 137 Å². The van der Waals surface area contributed by atoms with Crippen LogP contribution in [0.15, 0.2) is 34.8 Å². The third-order valence-corrected chi connectivity index (χ3v) is 3.63. The topological polar surface area (TPSA) is 73.6 Å². The summed E-state index contributed by atoms with van der Waals surface area (Å²) in [5.74, 6) is 0.835. The predicted octanol–water partition coefficient (Wildman–Crippen LogP) is 3.61. The molecule has 2 rings (SSSR count). The number of rotatable bonds is 4. The molecular formula is C16H17BrN2O3. The van der Waals surface area contributed by atoms with Crippen molar-refractivity contribution in [1.82, 2.24) is 0 Å². The highest BCUT2D eigenvalue weighted by Gasteiger charge is 2.16. The molecule has 0 saturated carbocycles. The van der Waals surface area contributed by atoms with Gasteiger partial charge in [-0.15, -0.1) is 0 Å². The normalized spacial score (nSPS) is 10.2. The molecule has 0 fully saturated rings. The molecule has 116 valence electrons. The van der Waals surface area contributed by atoms with E-state index in [1.807, 2.05) is 13.0 Å². The highest BCUT2D eigenvalue weighted by molar-refractivity contribution is 9.10. The number of ether oxygens (including phenoxy) is 2. The third kappa shape index (κ3) is 3.33. The lowest BCUT2D eigenvalue weighted by molar-refractivity contribution is 0.102. The highest BCUT2D eigenvalue weighted by atomic mass is 79.9. The van der Waals surface area contributed by atoms with E-state index in [9.17, 15) is 4.79 Å². The van der Waals surface area contributed by atoms with Crippen LogP contribution < -0.4 is 20.5 Å².